The Labute approximate surface area is 161 Å². The maximum atomic E-state index is 13.3. The van der Waals surface area contributed by atoms with Crippen molar-refractivity contribution in [3.63, 3.8) is 0 Å². The third-order valence-electron chi connectivity index (χ3n) is 7.18. The van der Waals surface area contributed by atoms with Gasteiger partial charge in [-0.15, -0.1) is 0 Å². The molecule has 2 spiro atoms. The second kappa shape index (κ2) is 6.09. The average molecular weight is 364 g/mol. The van der Waals surface area contributed by atoms with Crippen LogP contribution in [-0.2, 0) is 21.5 Å². The summed E-state index contributed by atoms with van der Waals surface area (Å²) < 4.78 is 5.61. The second-order valence-corrected chi connectivity index (χ2v) is 8.90. The van der Waals surface area contributed by atoms with E-state index in [1.807, 2.05) is 6.92 Å². The first-order valence-electron chi connectivity index (χ1n) is 10.3. The van der Waals surface area contributed by atoms with Crippen LogP contribution in [0.3, 0.4) is 0 Å². The zero-order chi connectivity index (χ0) is 18.6. The van der Waals surface area contributed by atoms with E-state index in [9.17, 15) is 4.79 Å². The molecule has 27 heavy (non-hydrogen) atoms. The number of hydrogen-bond acceptors (Lipinski definition) is 3. The molecule has 1 aromatic carbocycles. The molecule has 2 saturated carbocycles. The summed E-state index contributed by atoms with van der Waals surface area (Å²) in [5.41, 5.74) is 2.80. The van der Waals surface area contributed by atoms with Gasteiger partial charge in [0.05, 0.1) is 12.3 Å². The van der Waals surface area contributed by atoms with Gasteiger partial charge in [-0.2, -0.15) is 0 Å². The highest BCUT2D eigenvalue weighted by molar-refractivity contribution is 5.93. The van der Waals surface area contributed by atoms with Crippen LogP contribution in [0, 0.1) is 23.2 Å². The number of amides is 1. The molecule has 1 aliphatic heterocycles. The number of carbonyl (C=O) groups is 1. The topological polar surface area (TPSA) is 50.4 Å². The van der Waals surface area contributed by atoms with Crippen molar-refractivity contribution >= 4 is 5.91 Å². The van der Waals surface area contributed by atoms with Crippen LogP contribution >= 0.6 is 0 Å². The summed E-state index contributed by atoms with van der Waals surface area (Å²) in [6.07, 6.45) is 7.78. The summed E-state index contributed by atoms with van der Waals surface area (Å²) in [5, 5.41) is 6.83. The molecule has 0 radical (unpaired) electrons. The second-order valence-electron chi connectivity index (χ2n) is 8.90. The number of nitrogens with one attached hydrogen (secondary N) is 2. The van der Waals surface area contributed by atoms with Gasteiger partial charge in [0.15, 0.2) is 0 Å². The summed E-state index contributed by atoms with van der Waals surface area (Å²) in [5.74, 6) is 7.42. The van der Waals surface area contributed by atoms with Crippen LogP contribution in [0.2, 0.25) is 0 Å². The number of fused-ring (bicyclic) bond motifs is 3. The Kier molecular flexibility index (Phi) is 3.90. The lowest BCUT2D eigenvalue weighted by Crippen LogP contribution is -2.57. The van der Waals surface area contributed by atoms with E-state index in [1.165, 1.54) is 18.4 Å². The fourth-order valence-electron chi connectivity index (χ4n) is 5.61. The van der Waals surface area contributed by atoms with Gasteiger partial charge < -0.3 is 10.1 Å². The van der Waals surface area contributed by atoms with Crippen LogP contribution in [0.5, 0.6) is 0 Å². The SMILES string of the molecule is COC1CCC2(CC1)Cc1ccc(C#CC3CC3)cc1C21NC(C)NC1=O. The number of carbonyl (C=O) groups excluding carboxylic acids is 1. The van der Waals surface area contributed by atoms with Crippen LogP contribution in [0.1, 0.15) is 62.1 Å². The first-order valence-corrected chi connectivity index (χ1v) is 10.3. The van der Waals surface area contributed by atoms with Crippen LogP contribution in [-0.4, -0.2) is 25.3 Å². The molecule has 2 N–H and O–H groups in total. The van der Waals surface area contributed by atoms with E-state index in [4.69, 9.17) is 4.74 Å². The van der Waals surface area contributed by atoms with Crippen molar-refractivity contribution in [3.8, 4) is 11.8 Å². The van der Waals surface area contributed by atoms with Gasteiger partial charge in [-0.05, 0) is 75.1 Å². The highest BCUT2D eigenvalue weighted by atomic mass is 16.5. The van der Waals surface area contributed by atoms with Crippen LogP contribution in [0.25, 0.3) is 0 Å². The number of benzene rings is 1. The van der Waals surface area contributed by atoms with Crippen molar-refractivity contribution in [2.75, 3.05) is 7.11 Å². The molecule has 3 aliphatic carbocycles. The van der Waals surface area contributed by atoms with E-state index in [-0.39, 0.29) is 17.5 Å². The maximum Gasteiger partial charge on any atom is 0.246 e. The molecule has 4 nitrogen and oxygen atoms in total. The highest BCUT2D eigenvalue weighted by Gasteiger charge is 2.65. The van der Waals surface area contributed by atoms with Gasteiger partial charge in [-0.1, -0.05) is 17.9 Å². The fraction of sp³-hybridized carbons (Fsp3) is 0.609. The summed E-state index contributed by atoms with van der Waals surface area (Å²) in [4.78, 5) is 13.3. The smallest absolute Gasteiger partial charge is 0.246 e. The van der Waals surface area contributed by atoms with E-state index in [2.05, 4.69) is 40.7 Å². The van der Waals surface area contributed by atoms with Crippen LogP contribution < -0.4 is 10.6 Å². The van der Waals surface area contributed by atoms with Gasteiger partial charge in [-0.25, -0.2) is 0 Å². The molecule has 0 aromatic heterocycles. The summed E-state index contributed by atoms with van der Waals surface area (Å²) in [7, 11) is 1.80. The third kappa shape index (κ3) is 2.56. The lowest BCUT2D eigenvalue weighted by Gasteiger charge is -2.46. The van der Waals surface area contributed by atoms with Gasteiger partial charge in [0.1, 0.15) is 5.54 Å². The molecule has 4 heteroatoms. The van der Waals surface area contributed by atoms with E-state index < -0.39 is 5.54 Å². The standard InChI is InChI=1S/C23H28N2O2/c1-15-24-21(26)23(25-15)20-13-17(6-5-16-3-4-16)7-8-18(20)14-22(23)11-9-19(27-2)10-12-22/h7-8,13,15-16,19,25H,3-4,9-12,14H2,1-2H3,(H,24,26). The highest BCUT2D eigenvalue weighted by Crippen LogP contribution is 2.59. The normalized spacial score (nSPS) is 37.2. The van der Waals surface area contributed by atoms with E-state index >= 15 is 0 Å². The predicted octanol–water partition coefficient (Wildman–Crippen LogP) is 2.84. The van der Waals surface area contributed by atoms with Crippen molar-refractivity contribution in [2.24, 2.45) is 11.3 Å². The Hall–Kier alpha value is -1.83. The number of ether oxygens (including phenoxy) is 1. The Bertz CT molecular complexity index is 840. The zero-order valence-electron chi connectivity index (χ0n) is 16.2. The Morgan fingerprint density at radius 2 is 1.96 bits per heavy atom. The Morgan fingerprint density at radius 3 is 2.59 bits per heavy atom. The minimum atomic E-state index is -0.627. The van der Waals surface area contributed by atoms with Gasteiger partial charge in [0, 0.05) is 24.0 Å². The van der Waals surface area contributed by atoms with Gasteiger partial charge >= 0.3 is 0 Å². The molecule has 2 atom stereocenters. The lowest BCUT2D eigenvalue weighted by molar-refractivity contribution is -0.131. The van der Waals surface area contributed by atoms with Crippen molar-refractivity contribution in [2.45, 2.75) is 69.7 Å². The van der Waals surface area contributed by atoms with Gasteiger partial charge in [0.2, 0.25) is 5.91 Å². The molecular formula is C23H28N2O2. The largest absolute Gasteiger partial charge is 0.381 e. The molecule has 0 bridgehead atoms. The summed E-state index contributed by atoms with van der Waals surface area (Å²) >= 11 is 0. The van der Waals surface area contributed by atoms with E-state index in [0.29, 0.717) is 12.0 Å². The van der Waals surface area contributed by atoms with Crippen LogP contribution in [0.15, 0.2) is 18.2 Å². The Balaban J connectivity index is 1.58. The summed E-state index contributed by atoms with van der Waals surface area (Å²) in [6, 6.07) is 6.54. The van der Waals surface area contributed by atoms with E-state index in [1.54, 1.807) is 7.11 Å². The first-order chi connectivity index (χ1) is 13.1. The van der Waals surface area contributed by atoms with E-state index in [0.717, 1.165) is 43.2 Å². The molecule has 4 aliphatic rings. The summed E-state index contributed by atoms with van der Waals surface area (Å²) in [6.45, 7) is 2.04. The third-order valence-corrected chi connectivity index (χ3v) is 7.18. The Morgan fingerprint density at radius 1 is 1.19 bits per heavy atom. The molecule has 1 saturated heterocycles. The molecule has 3 fully saturated rings. The molecule has 1 aromatic rings. The fourth-order valence-corrected chi connectivity index (χ4v) is 5.61. The monoisotopic (exact) mass is 364 g/mol. The van der Waals surface area contributed by atoms with Crippen molar-refractivity contribution in [3.05, 3.63) is 34.9 Å². The molecule has 1 heterocycles. The number of methoxy groups -OCH3 is 1. The van der Waals surface area contributed by atoms with Gasteiger partial charge in [-0.3, -0.25) is 10.1 Å². The maximum absolute atomic E-state index is 13.3. The van der Waals surface area contributed by atoms with Crippen LogP contribution in [0.4, 0.5) is 0 Å². The molecule has 142 valence electrons. The van der Waals surface area contributed by atoms with Crippen molar-refractivity contribution in [1.29, 1.82) is 0 Å². The predicted molar refractivity (Wildman–Crippen MR) is 104 cm³/mol. The lowest BCUT2D eigenvalue weighted by atomic mass is 9.61. The molecular weight excluding hydrogens is 336 g/mol. The zero-order valence-corrected chi connectivity index (χ0v) is 16.2. The average Bonchev–Trinajstić information content (AvgIpc) is 3.40. The minimum absolute atomic E-state index is 0.0123. The molecule has 1 amide bonds. The number of hydrogen-bond donors (Lipinski definition) is 2. The van der Waals surface area contributed by atoms with Crippen molar-refractivity contribution < 1.29 is 9.53 Å². The van der Waals surface area contributed by atoms with Gasteiger partial charge in [0.25, 0.3) is 0 Å². The van der Waals surface area contributed by atoms with Crippen molar-refractivity contribution in [1.82, 2.24) is 10.6 Å². The quantitative estimate of drug-likeness (QED) is 0.754. The molecule has 5 rings (SSSR count). The minimum Gasteiger partial charge on any atom is -0.381 e. The first kappa shape index (κ1) is 17.3. The number of rotatable bonds is 1. The molecule has 2 unspecified atom stereocenters.